The number of hydrogen-bond donors (Lipinski definition) is 2. The van der Waals surface area contributed by atoms with Gasteiger partial charge in [0.25, 0.3) is 0 Å². The molecule has 1 unspecified atom stereocenters. The number of carbonyl (C=O) groups is 1. The van der Waals surface area contributed by atoms with Crippen LogP contribution in [0.25, 0.3) is 5.76 Å². The number of rotatable bonds is 3. The Morgan fingerprint density at radius 2 is 1.57 bits per heavy atom. The molecule has 4 nitrogen and oxygen atoms in total. The van der Waals surface area contributed by atoms with Crippen LogP contribution in [0, 0.1) is 16.6 Å². The van der Waals surface area contributed by atoms with Crippen molar-refractivity contribution in [3.63, 3.8) is 0 Å². The largest absolute Gasteiger partial charge is 0.507 e. The smallest absolute Gasteiger partial charge is 0.162 e. The van der Waals surface area contributed by atoms with Crippen LogP contribution in [0.15, 0.2) is 89.6 Å². The third kappa shape index (κ3) is 4.58. The number of carbonyl (C=O) groups excluding carboxylic acids is 1. The second-order valence-electron chi connectivity index (χ2n) is 10.2. The highest BCUT2D eigenvalue weighted by atomic mass is 35.5. The Kier molecular flexibility index (Phi) is 6.47. The van der Waals surface area contributed by atoms with Gasteiger partial charge in [0.15, 0.2) is 5.78 Å². The third-order valence-corrected chi connectivity index (χ3v) is 7.40. The molecule has 0 aromatic heterocycles. The van der Waals surface area contributed by atoms with Crippen LogP contribution in [0.3, 0.4) is 0 Å². The summed E-state index contributed by atoms with van der Waals surface area (Å²) in [5.74, 6) is -1.84. The van der Waals surface area contributed by atoms with Crippen LogP contribution in [-0.2, 0) is 4.79 Å². The minimum absolute atomic E-state index is 0.0349. The molecule has 1 aliphatic heterocycles. The maximum Gasteiger partial charge on any atom is 0.162 e. The van der Waals surface area contributed by atoms with E-state index in [4.69, 9.17) is 23.2 Å². The molecule has 2 N–H and O–H groups in total. The normalized spacial score (nSPS) is 20.7. The summed E-state index contributed by atoms with van der Waals surface area (Å²) in [5.41, 5.74) is 2.09. The van der Waals surface area contributed by atoms with Gasteiger partial charge >= 0.3 is 0 Å². The van der Waals surface area contributed by atoms with Gasteiger partial charge in [0.1, 0.15) is 17.4 Å². The van der Waals surface area contributed by atoms with Crippen LogP contribution in [0.2, 0.25) is 10.0 Å². The zero-order chi connectivity index (χ0) is 26.5. The van der Waals surface area contributed by atoms with Crippen molar-refractivity contribution in [2.45, 2.75) is 32.6 Å². The predicted molar refractivity (Wildman–Crippen MR) is 147 cm³/mol. The molecule has 0 amide bonds. The number of halogens is 3. The second-order valence-corrected chi connectivity index (χ2v) is 11.1. The van der Waals surface area contributed by atoms with E-state index >= 15 is 4.39 Å². The summed E-state index contributed by atoms with van der Waals surface area (Å²) < 4.78 is 15.3. The van der Waals surface area contributed by atoms with Gasteiger partial charge in [-0.05, 0) is 66.4 Å². The molecule has 2 aliphatic rings. The first-order chi connectivity index (χ1) is 17.6. The topological polar surface area (TPSA) is 64.4 Å². The Morgan fingerprint density at radius 1 is 0.973 bits per heavy atom. The van der Waals surface area contributed by atoms with Crippen LogP contribution < -0.4 is 4.90 Å². The predicted octanol–water partition coefficient (Wildman–Crippen LogP) is 8.33. The van der Waals surface area contributed by atoms with E-state index in [1.165, 1.54) is 6.07 Å². The lowest BCUT2D eigenvalue weighted by atomic mass is 9.67. The summed E-state index contributed by atoms with van der Waals surface area (Å²) in [4.78, 5) is 15.5. The van der Waals surface area contributed by atoms with Crippen molar-refractivity contribution >= 4 is 46.3 Å². The monoisotopic (exact) mass is 534 g/mol. The highest BCUT2D eigenvalue weighted by Crippen LogP contribution is 2.51. The molecule has 188 valence electrons. The molecule has 0 fully saturated rings. The first kappa shape index (κ1) is 25.2. The van der Waals surface area contributed by atoms with E-state index < -0.39 is 11.7 Å². The lowest BCUT2D eigenvalue weighted by Gasteiger charge is -2.45. The zero-order valence-corrected chi connectivity index (χ0v) is 21.9. The molecule has 0 bridgehead atoms. The fourth-order valence-corrected chi connectivity index (χ4v) is 5.52. The number of aliphatic hydroxyl groups is 1. The van der Waals surface area contributed by atoms with Gasteiger partial charge in [0.2, 0.25) is 0 Å². The molecular weight excluding hydrogens is 510 g/mol. The summed E-state index contributed by atoms with van der Waals surface area (Å²) in [6, 6.07) is 19.7. The summed E-state index contributed by atoms with van der Waals surface area (Å²) >= 11 is 12.2. The zero-order valence-electron chi connectivity index (χ0n) is 20.4. The van der Waals surface area contributed by atoms with E-state index in [1.54, 1.807) is 71.6 Å². The van der Waals surface area contributed by atoms with Crippen molar-refractivity contribution in [1.29, 1.82) is 5.41 Å². The summed E-state index contributed by atoms with van der Waals surface area (Å²) in [6.45, 7) is 4.01. The quantitative estimate of drug-likeness (QED) is 0.332. The van der Waals surface area contributed by atoms with Crippen molar-refractivity contribution < 1.29 is 14.3 Å². The first-order valence-electron chi connectivity index (χ1n) is 11.9. The number of Topliss-reactive ketones (excluding diaryl/α,β-unsaturated/α-hetero) is 1. The van der Waals surface area contributed by atoms with Crippen molar-refractivity contribution in [3.8, 4) is 0 Å². The highest BCUT2D eigenvalue weighted by Gasteiger charge is 2.47. The molecule has 1 heterocycles. The number of anilines is 1. The second kappa shape index (κ2) is 9.47. The Bertz CT molecular complexity index is 1470. The van der Waals surface area contributed by atoms with Gasteiger partial charge in [-0.2, -0.15) is 0 Å². The maximum absolute atomic E-state index is 15.3. The molecule has 3 aromatic carbocycles. The van der Waals surface area contributed by atoms with Crippen LogP contribution in [0.4, 0.5) is 10.1 Å². The van der Waals surface area contributed by atoms with Gasteiger partial charge in [-0.25, -0.2) is 4.39 Å². The fraction of sp³-hybridized carbons (Fsp3) is 0.200. The maximum atomic E-state index is 15.3. The summed E-state index contributed by atoms with van der Waals surface area (Å²) in [7, 11) is 0. The molecule has 37 heavy (non-hydrogen) atoms. The summed E-state index contributed by atoms with van der Waals surface area (Å²) in [6.07, 6.45) is 0.770. The van der Waals surface area contributed by atoms with Gasteiger partial charge in [0, 0.05) is 56.0 Å². The number of nitrogens with one attached hydrogen (secondary N) is 1. The van der Waals surface area contributed by atoms with Gasteiger partial charge in [-0.1, -0.05) is 55.2 Å². The molecule has 3 aromatic rings. The van der Waals surface area contributed by atoms with Crippen molar-refractivity contribution in [2.75, 3.05) is 4.90 Å². The van der Waals surface area contributed by atoms with Crippen LogP contribution >= 0.6 is 23.2 Å². The molecule has 1 aliphatic carbocycles. The van der Waals surface area contributed by atoms with E-state index in [0.29, 0.717) is 39.0 Å². The SMILES string of the molecule is CC1(C)CC(=O)C2=C(C1)N(c1ccc(Cl)cc1)C(=N)/C(=C(/O)c1ccc(Cl)cc1)C2c1ccccc1F. The Morgan fingerprint density at radius 3 is 2.19 bits per heavy atom. The highest BCUT2D eigenvalue weighted by molar-refractivity contribution is 6.31. The van der Waals surface area contributed by atoms with Crippen molar-refractivity contribution in [2.24, 2.45) is 5.41 Å². The standard InChI is InChI=1S/C30H25Cl2FN2O2/c1-30(2)15-23-26(24(36)16-30)25(21-5-3-4-6-22(21)33)27(28(37)17-7-9-18(31)10-8-17)29(34)35(23)20-13-11-19(32)12-14-20/h3-14,25,34,37H,15-16H2,1-2H3/b28-27+,34-29?. The molecule has 0 radical (unpaired) electrons. The van der Waals surface area contributed by atoms with Gasteiger partial charge < -0.3 is 5.11 Å². The van der Waals surface area contributed by atoms with Gasteiger partial charge in [0.05, 0.1) is 0 Å². The molecule has 0 saturated heterocycles. The van der Waals surface area contributed by atoms with Crippen molar-refractivity contribution in [1.82, 2.24) is 0 Å². The van der Waals surface area contributed by atoms with Crippen LogP contribution in [-0.4, -0.2) is 16.7 Å². The van der Waals surface area contributed by atoms with E-state index in [-0.39, 0.29) is 40.4 Å². The van der Waals surface area contributed by atoms with E-state index in [0.717, 1.165) is 0 Å². The number of allylic oxidation sites excluding steroid dienone is 2. The number of ketones is 1. The first-order valence-corrected chi connectivity index (χ1v) is 12.7. The molecule has 0 spiro atoms. The number of amidine groups is 1. The van der Waals surface area contributed by atoms with Crippen LogP contribution in [0.1, 0.15) is 43.7 Å². The Hall–Kier alpha value is -3.41. The van der Waals surface area contributed by atoms with E-state index in [9.17, 15) is 15.3 Å². The average molecular weight is 535 g/mol. The number of hydrogen-bond acceptors (Lipinski definition) is 3. The van der Waals surface area contributed by atoms with Gasteiger partial charge in [-0.3, -0.25) is 15.1 Å². The average Bonchev–Trinajstić information content (AvgIpc) is 2.84. The number of nitrogens with zero attached hydrogens (tertiary/aromatic N) is 1. The lowest BCUT2D eigenvalue weighted by Crippen LogP contribution is -2.45. The minimum atomic E-state index is -0.952. The molecule has 7 heteroatoms. The fourth-order valence-electron chi connectivity index (χ4n) is 5.27. The molecule has 5 rings (SSSR count). The van der Waals surface area contributed by atoms with E-state index in [2.05, 4.69) is 0 Å². The molecular formula is C30H25Cl2FN2O2. The minimum Gasteiger partial charge on any atom is -0.507 e. The third-order valence-electron chi connectivity index (χ3n) is 6.90. The lowest BCUT2D eigenvalue weighted by molar-refractivity contribution is -0.118. The summed E-state index contributed by atoms with van der Waals surface area (Å²) in [5, 5.41) is 22.0. The van der Waals surface area contributed by atoms with E-state index in [1.807, 2.05) is 13.8 Å². The number of benzene rings is 3. The molecule has 1 atom stereocenters. The molecule has 0 saturated carbocycles. The Balaban J connectivity index is 1.86. The van der Waals surface area contributed by atoms with Gasteiger partial charge in [-0.15, -0.1) is 0 Å². The Labute approximate surface area is 225 Å². The van der Waals surface area contributed by atoms with Crippen LogP contribution in [0.5, 0.6) is 0 Å². The number of aliphatic hydroxyl groups excluding tert-OH is 1. The van der Waals surface area contributed by atoms with Crippen molar-refractivity contribution in [3.05, 3.63) is 117 Å².